The second-order valence-corrected chi connectivity index (χ2v) is 5.49. The molecule has 120 valence electrons. The van der Waals surface area contributed by atoms with Crippen LogP contribution in [-0.2, 0) is 13.0 Å². The predicted molar refractivity (Wildman–Crippen MR) is 103 cm³/mol. The number of hydrogen-bond acceptors (Lipinski definition) is 4. The first kappa shape index (κ1) is 18.8. The van der Waals surface area contributed by atoms with E-state index in [1.807, 2.05) is 36.8 Å². The summed E-state index contributed by atoms with van der Waals surface area (Å²) < 4.78 is 0. The number of rotatable bonds is 6. The molecular weight excluding hydrogens is 409 g/mol. The second-order valence-electron chi connectivity index (χ2n) is 4.55. The largest absolute Gasteiger partial charge is 0.357 e. The molecule has 0 aromatic carbocycles. The van der Waals surface area contributed by atoms with Crippen LogP contribution in [0, 0.1) is 6.92 Å². The fourth-order valence-corrected chi connectivity index (χ4v) is 2.53. The molecule has 2 N–H and O–H groups in total. The van der Waals surface area contributed by atoms with Crippen LogP contribution in [-0.4, -0.2) is 29.0 Å². The van der Waals surface area contributed by atoms with Crippen LogP contribution in [0.1, 0.15) is 23.2 Å². The van der Waals surface area contributed by atoms with Gasteiger partial charge in [0.15, 0.2) is 5.96 Å². The fourth-order valence-electron chi connectivity index (χ4n) is 1.83. The average Bonchev–Trinajstić information content (AvgIpc) is 2.91. The van der Waals surface area contributed by atoms with Crippen LogP contribution in [0.2, 0.25) is 0 Å². The number of nitrogens with one attached hydrogen (secondary N) is 2. The summed E-state index contributed by atoms with van der Waals surface area (Å²) in [6.45, 7) is 6.40. The number of halogens is 1. The molecular formula is C15H22IN5S. The molecule has 0 aliphatic heterocycles. The molecule has 22 heavy (non-hydrogen) atoms. The number of pyridine rings is 1. The van der Waals surface area contributed by atoms with Gasteiger partial charge in [-0.25, -0.2) is 9.98 Å². The van der Waals surface area contributed by atoms with Gasteiger partial charge in [-0.3, -0.25) is 4.98 Å². The third-order valence-electron chi connectivity index (χ3n) is 2.97. The van der Waals surface area contributed by atoms with Crippen LogP contribution in [0.3, 0.4) is 0 Å². The molecule has 0 radical (unpaired) electrons. The Morgan fingerprint density at radius 3 is 2.77 bits per heavy atom. The summed E-state index contributed by atoms with van der Waals surface area (Å²) in [5, 5.41) is 6.59. The second kappa shape index (κ2) is 10.5. The number of aryl methyl sites for hydroxylation is 1. The number of aliphatic imine (C=N–C) groups is 1. The maximum Gasteiger partial charge on any atom is 0.191 e. The minimum Gasteiger partial charge on any atom is -0.357 e. The van der Waals surface area contributed by atoms with Crippen molar-refractivity contribution in [2.75, 3.05) is 13.1 Å². The predicted octanol–water partition coefficient (Wildman–Crippen LogP) is 2.76. The van der Waals surface area contributed by atoms with E-state index in [1.54, 1.807) is 11.3 Å². The maximum atomic E-state index is 4.59. The monoisotopic (exact) mass is 431 g/mol. The summed E-state index contributed by atoms with van der Waals surface area (Å²) in [7, 11) is 0. The molecule has 0 saturated carbocycles. The molecule has 5 nitrogen and oxygen atoms in total. The van der Waals surface area contributed by atoms with Gasteiger partial charge in [-0.15, -0.1) is 35.3 Å². The van der Waals surface area contributed by atoms with Crippen LogP contribution in [0.15, 0.2) is 34.9 Å². The molecule has 0 unspecified atom stereocenters. The highest BCUT2D eigenvalue weighted by atomic mass is 127. The lowest BCUT2D eigenvalue weighted by molar-refractivity contribution is 0.789. The van der Waals surface area contributed by atoms with Crippen molar-refractivity contribution >= 4 is 41.3 Å². The number of aromatic nitrogens is 2. The van der Waals surface area contributed by atoms with Gasteiger partial charge in [0.25, 0.3) is 0 Å². The zero-order valence-corrected chi connectivity index (χ0v) is 16.0. The molecule has 0 fully saturated rings. The van der Waals surface area contributed by atoms with Crippen LogP contribution in [0.25, 0.3) is 0 Å². The Balaban J connectivity index is 0.00000242. The molecule has 2 rings (SSSR count). The number of guanidine groups is 1. The van der Waals surface area contributed by atoms with E-state index in [4.69, 9.17) is 0 Å². The molecule has 2 aromatic heterocycles. The SMILES string of the molecule is CCNC(=NCc1scnc1C)NCCc1ccccn1.I. The highest BCUT2D eigenvalue weighted by molar-refractivity contribution is 14.0. The Morgan fingerprint density at radius 1 is 1.27 bits per heavy atom. The Morgan fingerprint density at radius 2 is 2.14 bits per heavy atom. The van der Waals surface area contributed by atoms with Crippen LogP contribution >= 0.6 is 35.3 Å². The van der Waals surface area contributed by atoms with Crippen molar-refractivity contribution < 1.29 is 0 Å². The number of nitrogens with zero attached hydrogens (tertiary/aromatic N) is 3. The molecule has 0 saturated heterocycles. The van der Waals surface area contributed by atoms with E-state index in [0.29, 0.717) is 6.54 Å². The Kier molecular flexibility index (Phi) is 8.98. The summed E-state index contributed by atoms with van der Waals surface area (Å²) >= 11 is 1.65. The van der Waals surface area contributed by atoms with Gasteiger partial charge in [0.05, 0.1) is 17.7 Å². The van der Waals surface area contributed by atoms with Crippen LogP contribution in [0.5, 0.6) is 0 Å². The summed E-state index contributed by atoms with van der Waals surface area (Å²) in [4.78, 5) is 14.4. The van der Waals surface area contributed by atoms with Gasteiger partial charge in [-0.1, -0.05) is 6.07 Å². The van der Waals surface area contributed by atoms with Gasteiger partial charge in [0.2, 0.25) is 0 Å². The molecule has 0 spiro atoms. The van der Waals surface area contributed by atoms with Gasteiger partial charge < -0.3 is 10.6 Å². The molecule has 7 heteroatoms. The van der Waals surface area contributed by atoms with E-state index in [1.165, 1.54) is 4.88 Å². The lowest BCUT2D eigenvalue weighted by Crippen LogP contribution is -2.38. The summed E-state index contributed by atoms with van der Waals surface area (Å²) in [6.07, 6.45) is 2.70. The summed E-state index contributed by atoms with van der Waals surface area (Å²) in [5.74, 6) is 0.834. The van der Waals surface area contributed by atoms with Crippen LogP contribution in [0.4, 0.5) is 0 Å². The Bertz CT molecular complexity index is 570. The highest BCUT2D eigenvalue weighted by Gasteiger charge is 2.02. The molecule has 0 atom stereocenters. The van der Waals surface area contributed by atoms with Crippen molar-refractivity contribution in [3.8, 4) is 0 Å². The van der Waals surface area contributed by atoms with E-state index < -0.39 is 0 Å². The fraction of sp³-hybridized carbons (Fsp3) is 0.400. The first-order chi connectivity index (χ1) is 10.3. The lowest BCUT2D eigenvalue weighted by atomic mass is 10.3. The van der Waals surface area contributed by atoms with Gasteiger partial charge >= 0.3 is 0 Å². The average molecular weight is 431 g/mol. The van der Waals surface area contributed by atoms with Gasteiger partial charge in [0.1, 0.15) is 0 Å². The maximum absolute atomic E-state index is 4.59. The van der Waals surface area contributed by atoms with Gasteiger partial charge in [-0.2, -0.15) is 0 Å². The normalized spacial score (nSPS) is 10.9. The lowest BCUT2D eigenvalue weighted by Gasteiger charge is -2.10. The minimum atomic E-state index is 0. The molecule has 2 aromatic rings. The minimum absolute atomic E-state index is 0. The highest BCUT2D eigenvalue weighted by Crippen LogP contribution is 2.12. The number of hydrogen-bond donors (Lipinski definition) is 2. The molecule has 2 heterocycles. The molecule has 0 aliphatic carbocycles. The van der Waals surface area contributed by atoms with E-state index in [9.17, 15) is 0 Å². The van der Waals surface area contributed by atoms with E-state index in [-0.39, 0.29) is 24.0 Å². The summed E-state index contributed by atoms with van der Waals surface area (Å²) in [6, 6.07) is 5.97. The van der Waals surface area contributed by atoms with Crippen molar-refractivity contribution in [3.63, 3.8) is 0 Å². The smallest absolute Gasteiger partial charge is 0.191 e. The van der Waals surface area contributed by atoms with E-state index in [2.05, 4.69) is 32.5 Å². The molecule has 0 aliphatic rings. The Hall–Kier alpha value is -1.22. The first-order valence-corrected chi connectivity index (χ1v) is 7.98. The van der Waals surface area contributed by atoms with E-state index >= 15 is 0 Å². The van der Waals surface area contributed by atoms with Crippen molar-refractivity contribution in [1.82, 2.24) is 20.6 Å². The third-order valence-corrected chi connectivity index (χ3v) is 3.89. The third kappa shape index (κ3) is 6.27. The quantitative estimate of drug-likeness (QED) is 0.420. The molecule has 0 amide bonds. The van der Waals surface area contributed by atoms with Gasteiger partial charge in [0, 0.05) is 36.3 Å². The van der Waals surface area contributed by atoms with E-state index in [0.717, 1.165) is 36.9 Å². The number of thiazole rings is 1. The standard InChI is InChI=1S/C15H21N5S.HI/c1-3-16-15(19-10-14-12(2)20-11-21-14)18-9-7-13-6-4-5-8-17-13;/h4-6,8,11H,3,7,9-10H2,1-2H3,(H2,16,18,19);1H. The van der Waals surface area contributed by atoms with Crippen molar-refractivity contribution in [2.45, 2.75) is 26.8 Å². The van der Waals surface area contributed by atoms with Crippen molar-refractivity contribution in [1.29, 1.82) is 0 Å². The van der Waals surface area contributed by atoms with Gasteiger partial charge in [-0.05, 0) is 26.0 Å². The summed E-state index contributed by atoms with van der Waals surface area (Å²) in [5.41, 5.74) is 4.01. The topological polar surface area (TPSA) is 62.2 Å². The zero-order valence-electron chi connectivity index (χ0n) is 12.9. The van der Waals surface area contributed by atoms with Crippen molar-refractivity contribution in [2.24, 2.45) is 4.99 Å². The molecule has 0 bridgehead atoms. The van der Waals surface area contributed by atoms with Crippen molar-refractivity contribution in [3.05, 3.63) is 46.2 Å². The first-order valence-electron chi connectivity index (χ1n) is 7.10. The van der Waals surface area contributed by atoms with Crippen LogP contribution < -0.4 is 10.6 Å². The Labute approximate surface area is 152 Å². The zero-order chi connectivity index (χ0) is 14.9.